The second-order valence-electron chi connectivity index (χ2n) is 14.7. The van der Waals surface area contributed by atoms with Crippen LogP contribution < -0.4 is 4.90 Å². The van der Waals surface area contributed by atoms with Crippen molar-refractivity contribution >= 4 is 11.7 Å². The molecule has 2 aromatic carbocycles. The minimum absolute atomic E-state index is 0.202. The number of rotatable bonds is 7. The van der Waals surface area contributed by atoms with E-state index in [1.54, 1.807) is 6.07 Å². The largest absolute Gasteiger partial charge is 0.479 e. The van der Waals surface area contributed by atoms with Crippen LogP contribution in [0.1, 0.15) is 92.8 Å². The Balaban J connectivity index is 1.53. The molecule has 46 heavy (non-hydrogen) atoms. The quantitative estimate of drug-likeness (QED) is 0.280. The van der Waals surface area contributed by atoms with Gasteiger partial charge in [0, 0.05) is 55.2 Å². The van der Waals surface area contributed by atoms with E-state index in [9.17, 15) is 23.1 Å². The molecule has 1 saturated heterocycles. The van der Waals surface area contributed by atoms with Crippen LogP contribution >= 0.6 is 0 Å². The third kappa shape index (κ3) is 7.58. The van der Waals surface area contributed by atoms with Crippen LogP contribution in [0, 0.1) is 19.3 Å². The number of piperidine rings is 1. The van der Waals surface area contributed by atoms with Crippen molar-refractivity contribution < 1.29 is 27.8 Å². The second-order valence-corrected chi connectivity index (χ2v) is 14.7. The first kappa shape index (κ1) is 33.9. The molecule has 248 valence electrons. The maximum Gasteiger partial charge on any atom is 0.416 e. The van der Waals surface area contributed by atoms with Crippen molar-refractivity contribution in [1.29, 1.82) is 0 Å². The first-order chi connectivity index (χ1) is 21.4. The highest BCUT2D eigenvalue weighted by Crippen LogP contribution is 2.45. The maximum absolute atomic E-state index is 13.3. The van der Waals surface area contributed by atoms with E-state index in [1.165, 1.54) is 17.7 Å². The average molecular weight is 638 g/mol. The van der Waals surface area contributed by atoms with E-state index in [1.807, 2.05) is 34.6 Å². The van der Waals surface area contributed by atoms with E-state index in [4.69, 9.17) is 9.72 Å². The molecule has 1 unspecified atom stereocenters. The summed E-state index contributed by atoms with van der Waals surface area (Å²) in [4.78, 5) is 22.2. The molecule has 2 aliphatic rings. The number of carboxylic acids is 1. The maximum atomic E-state index is 13.3. The Labute approximate surface area is 270 Å². The molecule has 1 atom stereocenters. The minimum atomic E-state index is -4.36. The topological polar surface area (TPSA) is 65.9 Å². The van der Waals surface area contributed by atoms with Crippen molar-refractivity contribution in [2.24, 2.45) is 5.41 Å². The smallest absolute Gasteiger partial charge is 0.416 e. The van der Waals surface area contributed by atoms with Gasteiger partial charge in [0.25, 0.3) is 0 Å². The summed E-state index contributed by atoms with van der Waals surface area (Å²) in [5, 5.41) is 10.5. The SMILES string of the molecule is Cc1nc(C)c(C(OC(C)(C)C)C(=O)O)c(N2CCC(C)(C)CC2)c1-c1ccc2c(c1)CCN(Cc1cccc(C(F)(F)F)c1)C2. The number of ether oxygens (including phenoxy) is 1. The zero-order valence-electron chi connectivity index (χ0n) is 28.0. The lowest BCUT2D eigenvalue weighted by atomic mass is 9.81. The monoisotopic (exact) mass is 637 g/mol. The lowest BCUT2D eigenvalue weighted by molar-refractivity contribution is -0.160. The van der Waals surface area contributed by atoms with Crippen LogP contribution in [0.5, 0.6) is 0 Å². The van der Waals surface area contributed by atoms with Crippen molar-refractivity contribution in [2.75, 3.05) is 24.5 Å². The Hall–Kier alpha value is -3.43. The number of carboxylic acid groups (broad SMARTS) is 1. The number of nitrogens with zero attached hydrogens (tertiary/aromatic N) is 3. The number of aromatic nitrogens is 1. The van der Waals surface area contributed by atoms with Gasteiger partial charge in [0.1, 0.15) is 0 Å². The van der Waals surface area contributed by atoms with Crippen LogP contribution in [-0.2, 0) is 35.2 Å². The lowest BCUT2D eigenvalue weighted by Gasteiger charge is -2.41. The Kier molecular flexibility index (Phi) is 9.32. The van der Waals surface area contributed by atoms with Crippen molar-refractivity contribution in [3.05, 3.63) is 81.7 Å². The number of pyridine rings is 1. The van der Waals surface area contributed by atoms with Crippen molar-refractivity contribution in [1.82, 2.24) is 9.88 Å². The summed E-state index contributed by atoms with van der Waals surface area (Å²) in [7, 11) is 0. The van der Waals surface area contributed by atoms with Crippen molar-refractivity contribution in [3.8, 4) is 11.1 Å². The molecular weight excluding hydrogens is 591 g/mol. The van der Waals surface area contributed by atoms with E-state index in [0.29, 0.717) is 29.9 Å². The van der Waals surface area contributed by atoms with Gasteiger partial charge in [0.2, 0.25) is 0 Å². The van der Waals surface area contributed by atoms with Crippen molar-refractivity contribution in [3.63, 3.8) is 0 Å². The van der Waals surface area contributed by atoms with E-state index in [0.717, 1.165) is 73.0 Å². The zero-order valence-corrected chi connectivity index (χ0v) is 28.0. The van der Waals surface area contributed by atoms with Gasteiger partial charge in [-0.15, -0.1) is 0 Å². The average Bonchev–Trinajstić information content (AvgIpc) is 2.95. The fourth-order valence-electron chi connectivity index (χ4n) is 6.76. The predicted molar refractivity (Wildman–Crippen MR) is 175 cm³/mol. The van der Waals surface area contributed by atoms with Gasteiger partial charge in [0.15, 0.2) is 6.10 Å². The minimum Gasteiger partial charge on any atom is -0.479 e. The first-order valence-corrected chi connectivity index (χ1v) is 16.1. The highest BCUT2D eigenvalue weighted by Gasteiger charge is 2.37. The van der Waals surface area contributed by atoms with Crippen LogP contribution in [-0.4, -0.2) is 46.2 Å². The number of hydrogen-bond acceptors (Lipinski definition) is 5. The second kappa shape index (κ2) is 12.6. The van der Waals surface area contributed by atoms with Gasteiger partial charge in [-0.1, -0.05) is 50.2 Å². The van der Waals surface area contributed by atoms with Gasteiger partial charge in [-0.2, -0.15) is 13.2 Å². The number of fused-ring (bicyclic) bond motifs is 1. The molecule has 0 bridgehead atoms. The molecule has 9 heteroatoms. The number of benzene rings is 2. The van der Waals surface area contributed by atoms with E-state index in [-0.39, 0.29) is 5.41 Å². The van der Waals surface area contributed by atoms with Crippen LogP contribution in [0.25, 0.3) is 11.1 Å². The number of hydrogen-bond donors (Lipinski definition) is 1. The van der Waals surface area contributed by atoms with E-state index < -0.39 is 29.4 Å². The molecule has 6 nitrogen and oxygen atoms in total. The van der Waals surface area contributed by atoms with Gasteiger partial charge in [-0.25, -0.2) is 4.79 Å². The molecule has 0 radical (unpaired) electrons. The number of aryl methyl sites for hydroxylation is 2. The molecule has 1 aromatic heterocycles. The fourth-order valence-corrected chi connectivity index (χ4v) is 6.76. The molecule has 5 rings (SSSR count). The van der Waals surface area contributed by atoms with E-state index >= 15 is 0 Å². The third-order valence-corrected chi connectivity index (χ3v) is 9.22. The van der Waals surface area contributed by atoms with Gasteiger partial charge in [-0.3, -0.25) is 9.88 Å². The highest BCUT2D eigenvalue weighted by molar-refractivity contribution is 5.88. The molecule has 1 N–H and O–H groups in total. The van der Waals surface area contributed by atoms with Crippen LogP contribution in [0.4, 0.5) is 18.9 Å². The molecule has 0 saturated carbocycles. The van der Waals surface area contributed by atoms with Crippen LogP contribution in [0.2, 0.25) is 0 Å². The standard InChI is InChI=1S/C37H46F3N3O3/c1-23-30(27-11-12-28-22-42(16-13-26(28)20-27)21-25-9-8-10-29(19-25)37(38,39)40)32(43-17-14-36(6,7)15-18-43)31(24(2)41-23)33(34(44)45)46-35(3,4)5/h8-12,19-20,33H,13-18,21-22H2,1-7H3,(H,44,45). The van der Waals surface area contributed by atoms with E-state index in [2.05, 4.69) is 41.8 Å². The van der Waals surface area contributed by atoms with Gasteiger partial charge in [0.05, 0.1) is 16.9 Å². The summed E-state index contributed by atoms with van der Waals surface area (Å²) in [5.41, 5.74) is 6.75. The Morgan fingerprint density at radius 3 is 2.33 bits per heavy atom. The van der Waals surface area contributed by atoms with Gasteiger partial charge >= 0.3 is 12.1 Å². The van der Waals surface area contributed by atoms with Crippen molar-refractivity contribution in [2.45, 2.75) is 98.7 Å². The summed E-state index contributed by atoms with van der Waals surface area (Å²) in [6, 6.07) is 11.9. The fraction of sp³-hybridized carbons (Fsp3) is 0.514. The summed E-state index contributed by atoms with van der Waals surface area (Å²) in [6.45, 7) is 17.4. The summed E-state index contributed by atoms with van der Waals surface area (Å²) < 4.78 is 46.0. The number of alkyl halides is 3. The molecular formula is C37H46F3N3O3. The molecule has 3 aromatic rings. The summed E-state index contributed by atoms with van der Waals surface area (Å²) >= 11 is 0. The third-order valence-electron chi connectivity index (χ3n) is 9.22. The Bertz CT molecular complexity index is 1600. The highest BCUT2D eigenvalue weighted by atomic mass is 19.4. The molecule has 2 aliphatic heterocycles. The Morgan fingerprint density at radius 2 is 1.70 bits per heavy atom. The summed E-state index contributed by atoms with van der Waals surface area (Å²) in [5.74, 6) is -1.04. The molecule has 1 fully saturated rings. The Morgan fingerprint density at radius 1 is 1.00 bits per heavy atom. The lowest BCUT2D eigenvalue weighted by Crippen LogP contribution is -2.39. The van der Waals surface area contributed by atoms with Gasteiger partial charge < -0.3 is 14.7 Å². The van der Waals surface area contributed by atoms with Crippen LogP contribution in [0.3, 0.4) is 0 Å². The summed E-state index contributed by atoms with van der Waals surface area (Å²) in [6.07, 6.45) is -2.83. The molecule has 0 spiro atoms. The van der Waals surface area contributed by atoms with Gasteiger partial charge in [-0.05, 0) is 87.6 Å². The normalized spacial score (nSPS) is 17.9. The number of anilines is 1. The predicted octanol–water partition coefficient (Wildman–Crippen LogP) is 8.51. The molecule has 0 amide bonds. The molecule has 0 aliphatic carbocycles. The first-order valence-electron chi connectivity index (χ1n) is 16.1. The number of aliphatic carboxylic acids is 1. The number of halogens is 3. The van der Waals surface area contributed by atoms with Crippen LogP contribution in [0.15, 0.2) is 42.5 Å². The number of carbonyl (C=O) groups is 1. The molecule has 3 heterocycles. The zero-order chi connectivity index (χ0) is 33.6.